The van der Waals surface area contributed by atoms with Crippen molar-refractivity contribution in [2.45, 2.75) is 33.4 Å². The fourth-order valence-electron chi connectivity index (χ4n) is 5.33. The molecule has 1 atom stereocenters. The zero-order valence-corrected chi connectivity index (χ0v) is 26.7. The maximum absolute atomic E-state index is 14.3. The number of thiazole rings is 1. The lowest BCUT2D eigenvalue weighted by Crippen LogP contribution is -2.43. The molecule has 4 aromatic rings. The van der Waals surface area contributed by atoms with Crippen LogP contribution in [0.5, 0.6) is 17.2 Å². The van der Waals surface area contributed by atoms with Crippen molar-refractivity contribution >= 4 is 23.3 Å². The molecule has 0 radical (unpaired) electrons. The lowest BCUT2D eigenvalue weighted by Gasteiger charge is -2.30. The molecule has 1 aliphatic heterocycles. The second-order valence-electron chi connectivity index (χ2n) is 10.3. The molecular formula is C35H34N4O5S. The van der Waals surface area contributed by atoms with E-state index in [1.54, 1.807) is 67.0 Å². The van der Waals surface area contributed by atoms with E-state index in [0.717, 1.165) is 11.1 Å². The molecule has 2 heterocycles. The highest BCUT2D eigenvalue weighted by Gasteiger charge is 2.36. The molecule has 0 aliphatic carbocycles. The number of carbonyl (C=O) groups is 1. The predicted octanol–water partition coefficient (Wildman–Crippen LogP) is 4.57. The molecule has 1 aromatic heterocycles. The first-order valence-electron chi connectivity index (χ1n) is 14.6. The van der Waals surface area contributed by atoms with E-state index in [9.17, 15) is 9.59 Å². The second kappa shape index (κ2) is 13.7. The van der Waals surface area contributed by atoms with Gasteiger partial charge in [-0.1, -0.05) is 41.7 Å². The number of likely N-dealkylation sites (N-methyl/N-ethyl adjacent to an activating group) is 1. The minimum absolute atomic E-state index is 0.188. The Hall–Kier alpha value is -5.14. The zero-order chi connectivity index (χ0) is 32.1. The van der Waals surface area contributed by atoms with E-state index in [-0.39, 0.29) is 11.5 Å². The Balaban J connectivity index is 1.64. The number of rotatable bonds is 10. The number of amides is 1. The van der Waals surface area contributed by atoms with Crippen LogP contribution in [-0.4, -0.2) is 42.7 Å². The largest absolute Gasteiger partial charge is 0.497 e. The van der Waals surface area contributed by atoms with Crippen molar-refractivity contribution in [3.8, 4) is 23.3 Å². The van der Waals surface area contributed by atoms with Crippen LogP contribution in [0.1, 0.15) is 49.1 Å². The van der Waals surface area contributed by atoms with Gasteiger partial charge in [0.15, 0.2) is 4.80 Å². The minimum atomic E-state index is -0.788. The number of nitrogens with zero attached hydrogens (tertiary/aromatic N) is 4. The summed E-state index contributed by atoms with van der Waals surface area (Å²) in [5, 5.41) is 9.08. The Morgan fingerprint density at radius 1 is 1.04 bits per heavy atom. The molecule has 0 spiro atoms. The fraction of sp³-hybridized carbons (Fsp3) is 0.257. The number of ether oxygens (including phenoxy) is 3. The maximum Gasteiger partial charge on any atom is 0.271 e. The smallest absolute Gasteiger partial charge is 0.271 e. The molecular weight excluding hydrogens is 588 g/mol. The fourth-order valence-corrected chi connectivity index (χ4v) is 6.37. The van der Waals surface area contributed by atoms with Crippen LogP contribution in [0.2, 0.25) is 0 Å². The first-order valence-corrected chi connectivity index (χ1v) is 15.4. The Labute approximate surface area is 265 Å². The average molecular weight is 623 g/mol. The van der Waals surface area contributed by atoms with Gasteiger partial charge in [0.1, 0.15) is 29.9 Å². The molecule has 0 saturated heterocycles. The summed E-state index contributed by atoms with van der Waals surface area (Å²) in [7, 11) is 3.13. The summed E-state index contributed by atoms with van der Waals surface area (Å²) < 4.78 is 19.4. The van der Waals surface area contributed by atoms with E-state index in [1.807, 2.05) is 50.2 Å². The van der Waals surface area contributed by atoms with Gasteiger partial charge in [0.05, 0.1) is 41.7 Å². The summed E-state index contributed by atoms with van der Waals surface area (Å²) in [6.45, 7) is 6.97. The van der Waals surface area contributed by atoms with Crippen molar-refractivity contribution < 1.29 is 19.0 Å². The summed E-state index contributed by atoms with van der Waals surface area (Å²) in [4.78, 5) is 35.2. The number of para-hydroxylation sites is 1. The quantitative estimate of drug-likeness (QED) is 0.257. The topological polar surface area (TPSA) is 106 Å². The van der Waals surface area contributed by atoms with Gasteiger partial charge >= 0.3 is 0 Å². The predicted molar refractivity (Wildman–Crippen MR) is 173 cm³/mol. The number of hydrogen-bond acceptors (Lipinski definition) is 8. The standard InChI is InChI=1S/C35H34N4O5S/c1-6-38(7-2)34(41)31-22(3)37-35-39(32(31)27-19-26(42-4)16-17-29(27)43-5)33(40)30(45-35)18-25-10-8-9-11-28(25)44-21-24-14-12-23(20-36)13-15-24/h8-19,32H,6-7,21H2,1-5H3/b30-18+/t32-/m0/s1. The number of aromatic nitrogens is 1. The highest BCUT2D eigenvalue weighted by molar-refractivity contribution is 7.07. The molecule has 0 saturated carbocycles. The second-order valence-corrected chi connectivity index (χ2v) is 11.3. The number of fused-ring (bicyclic) bond motifs is 1. The van der Waals surface area contributed by atoms with Gasteiger partial charge in [-0.25, -0.2) is 4.99 Å². The van der Waals surface area contributed by atoms with Crippen molar-refractivity contribution in [2.24, 2.45) is 4.99 Å². The maximum atomic E-state index is 14.3. The lowest BCUT2D eigenvalue weighted by atomic mass is 9.93. The number of benzene rings is 3. The molecule has 1 amide bonds. The number of hydrogen-bond donors (Lipinski definition) is 0. The van der Waals surface area contributed by atoms with Crippen LogP contribution in [0.4, 0.5) is 0 Å². The summed E-state index contributed by atoms with van der Waals surface area (Å²) in [5.74, 6) is 1.52. The summed E-state index contributed by atoms with van der Waals surface area (Å²) in [6.07, 6.45) is 1.79. The normalized spacial score (nSPS) is 14.3. The highest BCUT2D eigenvalue weighted by Crippen LogP contribution is 2.38. The number of carbonyl (C=O) groups excluding carboxylic acids is 1. The van der Waals surface area contributed by atoms with Crippen molar-refractivity contribution in [3.63, 3.8) is 0 Å². The van der Waals surface area contributed by atoms with Gasteiger partial charge in [-0.05, 0) is 68.8 Å². The molecule has 0 bridgehead atoms. The Morgan fingerprint density at radius 3 is 2.44 bits per heavy atom. The first-order chi connectivity index (χ1) is 21.8. The first kappa shape index (κ1) is 31.3. The van der Waals surface area contributed by atoms with Crippen LogP contribution in [0.3, 0.4) is 0 Å². The van der Waals surface area contributed by atoms with Crippen LogP contribution >= 0.6 is 11.3 Å². The number of allylic oxidation sites excluding steroid dienone is 1. The van der Waals surface area contributed by atoms with Gasteiger partial charge in [0.2, 0.25) is 0 Å². The molecule has 5 rings (SSSR count). The zero-order valence-electron chi connectivity index (χ0n) is 25.9. The molecule has 9 nitrogen and oxygen atoms in total. The van der Waals surface area contributed by atoms with E-state index in [4.69, 9.17) is 24.5 Å². The van der Waals surface area contributed by atoms with Crippen LogP contribution < -0.4 is 29.1 Å². The Bertz CT molecular complexity index is 1980. The van der Waals surface area contributed by atoms with Crippen molar-refractivity contribution in [2.75, 3.05) is 27.3 Å². The third-order valence-electron chi connectivity index (χ3n) is 7.72. The van der Waals surface area contributed by atoms with E-state index in [1.165, 1.54) is 11.3 Å². The van der Waals surface area contributed by atoms with Crippen LogP contribution in [0.25, 0.3) is 6.08 Å². The van der Waals surface area contributed by atoms with Gasteiger partial charge in [-0.3, -0.25) is 14.2 Å². The number of methoxy groups -OCH3 is 2. The number of nitriles is 1. The van der Waals surface area contributed by atoms with Crippen molar-refractivity contribution in [3.05, 3.63) is 120 Å². The Kier molecular flexibility index (Phi) is 9.50. The van der Waals surface area contributed by atoms with Crippen LogP contribution in [0.15, 0.2) is 87.8 Å². The third kappa shape index (κ3) is 6.26. The minimum Gasteiger partial charge on any atom is -0.497 e. The lowest BCUT2D eigenvalue weighted by molar-refractivity contribution is -0.127. The van der Waals surface area contributed by atoms with E-state index >= 15 is 0 Å². The summed E-state index contributed by atoms with van der Waals surface area (Å²) in [6, 6.07) is 21.4. The summed E-state index contributed by atoms with van der Waals surface area (Å²) >= 11 is 1.25. The van der Waals surface area contributed by atoms with Crippen LogP contribution in [-0.2, 0) is 11.4 Å². The SMILES string of the molecule is CCN(CC)C(=O)C1=C(C)N=c2s/c(=C/c3ccccc3OCc3ccc(C#N)cc3)c(=O)n2[C@H]1c1cc(OC)ccc1OC. The third-order valence-corrected chi connectivity index (χ3v) is 8.70. The van der Waals surface area contributed by atoms with Gasteiger partial charge in [0, 0.05) is 24.2 Å². The molecule has 45 heavy (non-hydrogen) atoms. The van der Waals surface area contributed by atoms with E-state index < -0.39 is 6.04 Å². The molecule has 230 valence electrons. The van der Waals surface area contributed by atoms with Crippen molar-refractivity contribution in [1.29, 1.82) is 5.26 Å². The molecule has 3 aromatic carbocycles. The van der Waals surface area contributed by atoms with E-state index in [0.29, 0.717) is 68.7 Å². The molecule has 10 heteroatoms. The van der Waals surface area contributed by atoms with Gasteiger partial charge in [-0.15, -0.1) is 0 Å². The monoisotopic (exact) mass is 622 g/mol. The van der Waals surface area contributed by atoms with Gasteiger partial charge in [-0.2, -0.15) is 5.26 Å². The molecule has 0 N–H and O–H groups in total. The van der Waals surface area contributed by atoms with Crippen molar-refractivity contribution in [1.82, 2.24) is 9.47 Å². The summed E-state index contributed by atoms with van der Waals surface area (Å²) in [5.41, 5.74) is 3.51. The van der Waals surface area contributed by atoms with Gasteiger partial charge < -0.3 is 19.1 Å². The van der Waals surface area contributed by atoms with E-state index in [2.05, 4.69) is 6.07 Å². The van der Waals surface area contributed by atoms with Crippen LogP contribution in [0, 0.1) is 11.3 Å². The Morgan fingerprint density at radius 2 is 1.78 bits per heavy atom. The molecule has 0 unspecified atom stereocenters. The van der Waals surface area contributed by atoms with Gasteiger partial charge in [0.25, 0.3) is 11.5 Å². The molecule has 1 aliphatic rings. The molecule has 0 fully saturated rings. The average Bonchev–Trinajstić information content (AvgIpc) is 3.37. The highest BCUT2D eigenvalue weighted by atomic mass is 32.1.